The second-order valence-corrected chi connectivity index (χ2v) is 6.02. The quantitative estimate of drug-likeness (QED) is 0.896. The van der Waals surface area contributed by atoms with Crippen molar-refractivity contribution >= 4 is 20.9 Å². The van der Waals surface area contributed by atoms with Gasteiger partial charge >= 0.3 is 0 Å². The number of rotatable bonds is 4. The van der Waals surface area contributed by atoms with Crippen LogP contribution in [0.25, 0.3) is 10.9 Å². The number of hydrogen-bond donors (Lipinski definition) is 1. The Labute approximate surface area is 101 Å². The van der Waals surface area contributed by atoms with Gasteiger partial charge in [-0.2, -0.15) is 0 Å². The third-order valence-corrected chi connectivity index (χ3v) is 3.43. The minimum Gasteiger partial charge on any atom is -0.346 e. The molecule has 1 heterocycles. The molecule has 0 aliphatic heterocycles. The maximum atomic E-state index is 11.0. The fraction of sp³-hybridized carbons (Fsp3) is 0.333. The molecular formula is C12H16N2O2S. The van der Waals surface area contributed by atoms with E-state index in [2.05, 4.69) is 28.5 Å². The average Bonchev–Trinajstić information content (AvgIpc) is 2.55. The first-order valence-corrected chi connectivity index (χ1v) is 7.35. The van der Waals surface area contributed by atoms with Crippen LogP contribution in [0.4, 0.5) is 0 Å². The van der Waals surface area contributed by atoms with Crippen molar-refractivity contribution in [3.63, 3.8) is 0 Å². The van der Waals surface area contributed by atoms with Crippen molar-refractivity contribution in [2.75, 3.05) is 12.8 Å². The summed E-state index contributed by atoms with van der Waals surface area (Å²) in [6.07, 6.45) is 3.22. The van der Waals surface area contributed by atoms with Gasteiger partial charge in [0.05, 0.1) is 6.26 Å². The molecule has 0 saturated heterocycles. The van der Waals surface area contributed by atoms with E-state index in [9.17, 15) is 8.42 Å². The van der Waals surface area contributed by atoms with Crippen LogP contribution in [0.15, 0.2) is 30.5 Å². The lowest BCUT2D eigenvalue weighted by atomic mass is 10.2. The van der Waals surface area contributed by atoms with Gasteiger partial charge in [0.15, 0.2) is 0 Å². The van der Waals surface area contributed by atoms with E-state index in [0.29, 0.717) is 13.1 Å². The van der Waals surface area contributed by atoms with Crippen LogP contribution in [-0.2, 0) is 16.6 Å². The minimum absolute atomic E-state index is 0.414. The molecule has 0 unspecified atom stereocenters. The van der Waals surface area contributed by atoms with Gasteiger partial charge in [-0.05, 0) is 18.6 Å². The van der Waals surface area contributed by atoms with E-state index in [1.807, 2.05) is 18.2 Å². The van der Waals surface area contributed by atoms with E-state index in [4.69, 9.17) is 0 Å². The van der Waals surface area contributed by atoms with Gasteiger partial charge in [0.1, 0.15) is 0 Å². The molecule has 1 aromatic carbocycles. The van der Waals surface area contributed by atoms with Crippen LogP contribution in [0.1, 0.15) is 5.56 Å². The maximum absolute atomic E-state index is 11.0. The Morgan fingerprint density at radius 2 is 2.00 bits per heavy atom. The van der Waals surface area contributed by atoms with Crippen LogP contribution >= 0.6 is 0 Å². The highest BCUT2D eigenvalue weighted by Gasteiger charge is 2.05. The summed E-state index contributed by atoms with van der Waals surface area (Å²) in [6, 6.07) is 8.12. The van der Waals surface area contributed by atoms with Crippen LogP contribution in [-0.4, -0.2) is 25.8 Å². The smallest absolute Gasteiger partial charge is 0.208 e. The number of sulfonamides is 1. The van der Waals surface area contributed by atoms with E-state index in [-0.39, 0.29) is 0 Å². The fourth-order valence-corrected chi connectivity index (χ4v) is 2.43. The highest BCUT2D eigenvalue weighted by Crippen LogP contribution is 2.19. The predicted octanol–water partition coefficient (Wildman–Crippen LogP) is 1.50. The van der Waals surface area contributed by atoms with E-state index >= 15 is 0 Å². The molecule has 0 atom stereocenters. The zero-order valence-corrected chi connectivity index (χ0v) is 10.8. The van der Waals surface area contributed by atoms with Crippen molar-refractivity contribution in [3.05, 3.63) is 36.0 Å². The Hall–Kier alpha value is -1.33. The first-order chi connectivity index (χ1) is 7.97. The van der Waals surface area contributed by atoms with Crippen molar-refractivity contribution in [2.24, 2.45) is 0 Å². The number of fused-ring (bicyclic) bond motifs is 1. The summed E-state index contributed by atoms with van der Waals surface area (Å²) in [5.74, 6) is 0. The third-order valence-electron chi connectivity index (χ3n) is 2.70. The van der Waals surface area contributed by atoms with Gasteiger partial charge in [-0.3, -0.25) is 0 Å². The van der Waals surface area contributed by atoms with Crippen molar-refractivity contribution < 1.29 is 8.42 Å². The van der Waals surface area contributed by atoms with E-state index in [1.165, 1.54) is 17.2 Å². The molecule has 2 aromatic rings. The molecule has 92 valence electrons. The third kappa shape index (κ3) is 2.87. The van der Waals surface area contributed by atoms with Crippen molar-refractivity contribution in [1.29, 1.82) is 0 Å². The Bertz CT molecular complexity index is 629. The van der Waals surface area contributed by atoms with Crippen LogP contribution < -0.4 is 4.72 Å². The van der Waals surface area contributed by atoms with E-state index < -0.39 is 10.0 Å². The molecule has 0 fully saturated rings. The van der Waals surface area contributed by atoms with Crippen LogP contribution in [0.5, 0.6) is 0 Å². The summed E-state index contributed by atoms with van der Waals surface area (Å²) in [4.78, 5) is 0. The molecule has 0 amide bonds. The molecule has 0 aliphatic carbocycles. The van der Waals surface area contributed by atoms with Gasteiger partial charge in [-0.1, -0.05) is 18.2 Å². The molecule has 17 heavy (non-hydrogen) atoms. The highest BCUT2D eigenvalue weighted by atomic mass is 32.2. The van der Waals surface area contributed by atoms with Gasteiger partial charge in [0, 0.05) is 30.2 Å². The Morgan fingerprint density at radius 1 is 1.29 bits per heavy atom. The molecule has 5 heteroatoms. The van der Waals surface area contributed by atoms with Crippen LogP contribution in [0.2, 0.25) is 0 Å². The van der Waals surface area contributed by atoms with Crippen molar-refractivity contribution in [3.8, 4) is 0 Å². The number of hydrogen-bond acceptors (Lipinski definition) is 2. The van der Waals surface area contributed by atoms with Gasteiger partial charge in [0.25, 0.3) is 0 Å². The number of nitrogens with one attached hydrogen (secondary N) is 1. The maximum Gasteiger partial charge on any atom is 0.208 e. The number of nitrogens with zero attached hydrogens (tertiary/aromatic N) is 1. The molecule has 1 aromatic heterocycles. The van der Waals surface area contributed by atoms with Crippen LogP contribution in [0, 0.1) is 6.92 Å². The second kappa shape index (κ2) is 4.50. The van der Waals surface area contributed by atoms with Gasteiger partial charge in [-0.25, -0.2) is 13.1 Å². The molecule has 4 nitrogen and oxygen atoms in total. The summed E-state index contributed by atoms with van der Waals surface area (Å²) in [7, 11) is -3.10. The first kappa shape index (κ1) is 12.1. The number of aromatic nitrogens is 1. The number of aryl methyl sites for hydroxylation is 1. The number of para-hydroxylation sites is 1. The summed E-state index contributed by atoms with van der Waals surface area (Å²) < 4.78 is 26.5. The summed E-state index contributed by atoms with van der Waals surface area (Å²) in [5, 5.41) is 1.21. The van der Waals surface area contributed by atoms with Gasteiger partial charge < -0.3 is 4.57 Å². The topological polar surface area (TPSA) is 51.1 Å². The summed E-state index contributed by atoms with van der Waals surface area (Å²) in [6.45, 7) is 3.11. The second-order valence-electron chi connectivity index (χ2n) is 4.19. The first-order valence-electron chi connectivity index (χ1n) is 5.46. The van der Waals surface area contributed by atoms with Crippen molar-refractivity contribution in [2.45, 2.75) is 13.5 Å². The Balaban J connectivity index is 2.19. The minimum atomic E-state index is -3.10. The lowest BCUT2D eigenvalue weighted by Gasteiger charge is -2.05. The molecule has 1 N–H and O–H groups in total. The zero-order chi connectivity index (χ0) is 12.5. The lowest BCUT2D eigenvalue weighted by molar-refractivity contribution is 0.580. The van der Waals surface area contributed by atoms with Crippen molar-refractivity contribution in [1.82, 2.24) is 9.29 Å². The average molecular weight is 252 g/mol. The standard InChI is InChI=1S/C12H16N2O2S/c1-10-9-14(8-7-13-17(2,15)16)12-6-4-3-5-11(10)12/h3-6,9,13H,7-8H2,1-2H3. The molecular weight excluding hydrogens is 236 g/mol. The molecule has 0 spiro atoms. The molecule has 0 bridgehead atoms. The SMILES string of the molecule is Cc1cn(CCNS(C)(=O)=O)c2ccccc12. The van der Waals surface area contributed by atoms with E-state index in [0.717, 1.165) is 5.52 Å². The predicted molar refractivity (Wildman–Crippen MR) is 69.5 cm³/mol. The normalized spacial score (nSPS) is 12.1. The monoisotopic (exact) mass is 252 g/mol. The van der Waals surface area contributed by atoms with E-state index in [1.54, 1.807) is 0 Å². The fourth-order valence-electron chi connectivity index (χ4n) is 1.97. The Kier molecular flexibility index (Phi) is 3.22. The number of benzene rings is 1. The lowest BCUT2D eigenvalue weighted by Crippen LogP contribution is -2.25. The molecule has 2 rings (SSSR count). The largest absolute Gasteiger partial charge is 0.346 e. The summed E-state index contributed by atoms with van der Waals surface area (Å²) >= 11 is 0. The highest BCUT2D eigenvalue weighted by molar-refractivity contribution is 7.88. The van der Waals surface area contributed by atoms with Gasteiger partial charge in [0.2, 0.25) is 10.0 Å². The Morgan fingerprint density at radius 3 is 2.71 bits per heavy atom. The zero-order valence-electron chi connectivity index (χ0n) is 9.97. The summed E-state index contributed by atoms with van der Waals surface area (Å²) in [5.41, 5.74) is 2.35. The molecule has 0 aliphatic rings. The molecule has 0 radical (unpaired) electrons. The molecule has 0 saturated carbocycles. The van der Waals surface area contributed by atoms with Gasteiger partial charge in [-0.15, -0.1) is 0 Å². The van der Waals surface area contributed by atoms with Crippen LogP contribution in [0.3, 0.4) is 0 Å².